The molecule has 0 heterocycles. The average Bonchev–Trinajstić information content (AvgIpc) is 2.38. The van der Waals surface area contributed by atoms with Crippen LogP contribution >= 0.6 is 0 Å². The van der Waals surface area contributed by atoms with Crippen LogP contribution in [-0.2, 0) is 0 Å². The van der Waals surface area contributed by atoms with Gasteiger partial charge in [-0.05, 0) is 37.3 Å². The Morgan fingerprint density at radius 3 is 2.76 bits per heavy atom. The Morgan fingerprint density at radius 1 is 1.29 bits per heavy atom. The van der Waals surface area contributed by atoms with Gasteiger partial charge in [0.25, 0.3) is 5.91 Å². The van der Waals surface area contributed by atoms with E-state index in [2.05, 4.69) is 17.5 Å². The minimum absolute atomic E-state index is 0.129. The Balaban J connectivity index is 1.97. The van der Waals surface area contributed by atoms with Crippen molar-refractivity contribution in [3.8, 4) is 0 Å². The number of benzene rings is 1. The number of rotatable bonds is 2. The predicted octanol–water partition coefficient (Wildman–Crippen LogP) is 2.98. The highest BCUT2D eigenvalue weighted by Gasteiger charge is 2.16. The first-order chi connectivity index (χ1) is 8.27. The van der Waals surface area contributed by atoms with E-state index >= 15 is 0 Å². The smallest absolute Gasteiger partial charge is 0.267 e. The third-order valence-electron chi connectivity index (χ3n) is 3.23. The number of amides is 1. The molecule has 1 saturated carbocycles. The van der Waals surface area contributed by atoms with E-state index < -0.39 is 0 Å². The van der Waals surface area contributed by atoms with Gasteiger partial charge in [-0.2, -0.15) is 5.10 Å². The van der Waals surface area contributed by atoms with Gasteiger partial charge < -0.3 is 0 Å². The Bertz CT molecular complexity index is 411. The topological polar surface area (TPSA) is 41.5 Å². The van der Waals surface area contributed by atoms with Crippen LogP contribution in [-0.4, -0.2) is 11.6 Å². The third kappa shape index (κ3) is 3.16. The molecule has 0 aromatic heterocycles. The van der Waals surface area contributed by atoms with Crippen LogP contribution in [0.4, 0.5) is 0 Å². The summed E-state index contributed by atoms with van der Waals surface area (Å²) in [4.78, 5) is 11.8. The summed E-state index contributed by atoms with van der Waals surface area (Å²) < 4.78 is 0. The maximum atomic E-state index is 11.8. The highest BCUT2D eigenvalue weighted by atomic mass is 16.2. The molecule has 0 saturated heterocycles. The predicted molar refractivity (Wildman–Crippen MR) is 69.0 cm³/mol. The summed E-state index contributed by atoms with van der Waals surface area (Å²) in [6.45, 7) is 2.17. The van der Waals surface area contributed by atoms with Gasteiger partial charge in [0.05, 0.1) is 0 Å². The monoisotopic (exact) mass is 230 g/mol. The van der Waals surface area contributed by atoms with Gasteiger partial charge in [0, 0.05) is 11.3 Å². The van der Waals surface area contributed by atoms with Crippen molar-refractivity contribution in [2.24, 2.45) is 11.0 Å². The first kappa shape index (κ1) is 11.8. The number of nitrogens with one attached hydrogen (secondary N) is 1. The summed E-state index contributed by atoms with van der Waals surface area (Å²) in [7, 11) is 0. The minimum Gasteiger partial charge on any atom is -0.267 e. The molecule has 0 bridgehead atoms. The summed E-state index contributed by atoms with van der Waals surface area (Å²) in [5.41, 5.74) is 4.43. The molecule has 1 aromatic rings. The Morgan fingerprint density at radius 2 is 2.06 bits per heavy atom. The van der Waals surface area contributed by atoms with Crippen molar-refractivity contribution in [1.29, 1.82) is 0 Å². The van der Waals surface area contributed by atoms with Gasteiger partial charge in [-0.1, -0.05) is 31.5 Å². The number of hydrogen-bond acceptors (Lipinski definition) is 2. The highest BCUT2D eigenvalue weighted by Crippen LogP contribution is 2.20. The van der Waals surface area contributed by atoms with E-state index in [1.807, 2.05) is 18.2 Å². The van der Waals surface area contributed by atoms with Crippen molar-refractivity contribution in [3.05, 3.63) is 35.9 Å². The highest BCUT2D eigenvalue weighted by molar-refractivity contribution is 5.95. The maximum Gasteiger partial charge on any atom is 0.271 e. The van der Waals surface area contributed by atoms with Crippen molar-refractivity contribution in [3.63, 3.8) is 0 Å². The lowest BCUT2D eigenvalue weighted by molar-refractivity contribution is 0.0954. The molecule has 1 aliphatic carbocycles. The molecule has 0 radical (unpaired) electrons. The molecule has 3 heteroatoms. The van der Waals surface area contributed by atoms with Crippen molar-refractivity contribution in [2.75, 3.05) is 0 Å². The minimum atomic E-state index is -0.129. The van der Waals surface area contributed by atoms with Crippen LogP contribution in [0, 0.1) is 5.92 Å². The van der Waals surface area contributed by atoms with Crippen LogP contribution in [0.2, 0.25) is 0 Å². The molecule has 0 aliphatic heterocycles. The molecule has 17 heavy (non-hydrogen) atoms. The zero-order chi connectivity index (χ0) is 12.1. The zero-order valence-electron chi connectivity index (χ0n) is 10.1. The molecule has 1 amide bonds. The lowest BCUT2D eigenvalue weighted by atomic mass is 9.89. The lowest BCUT2D eigenvalue weighted by Crippen LogP contribution is -2.24. The van der Waals surface area contributed by atoms with Crippen LogP contribution in [0.5, 0.6) is 0 Å². The van der Waals surface area contributed by atoms with Crippen molar-refractivity contribution in [1.82, 2.24) is 5.43 Å². The zero-order valence-corrected chi connectivity index (χ0v) is 10.1. The molecule has 90 valence electrons. The van der Waals surface area contributed by atoms with Gasteiger partial charge in [-0.25, -0.2) is 5.43 Å². The summed E-state index contributed by atoms with van der Waals surface area (Å²) in [6, 6.07) is 9.18. The second-order valence-electron chi connectivity index (χ2n) is 4.56. The Kier molecular flexibility index (Phi) is 3.91. The van der Waals surface area contributed by atoms with Crippen molar-refractivity contribution >= 4 is 11.6 Å². The van der Waals surface area contributed by atoms with E-state index in [0.29, 0.717) is 11.5 Å². The number of carbonyl (C=O) groups is 1. The SMILES string of the molecule is C[C@H]1CCCCC1=NNC(=O)c1ccccc1. The third-order valence-corrected chi connectivity index (χ3v) is 3.23. The standard InChI is InChI=1S/C14H18N2O/c1-11-7-5-6-10-13(11)15-16-14(17)12-8-3-2-4-9-12/h2-4,8-9,11H,5-7,10H2,1H3,(H,16,17)/t11-/m0/s1. The van der Waals surface area contributed by atoms with Crippen molar-refractivity contribution in [2.45, 2.75) is 32.6 Å². The maximum absolute atomic E-state index is 11.8. The number of hydrogen-bond donors (Lipinski definition) is 1. The number of hydrazone groups is 1. The molecule has 1 fully saturated rings. The number of carbonyl (C=O) groups excluding carboxylic acids is 1. The van der Waals surface area contributed by atoms with Crippen LogP contribution in [0.3, 0.4) is 0 Å². The van der Waals surface area contributed by atoms with E-state index in [4.69, 9.17) is 0 Å². The molecule has 0 spiro atoms. The van der Waals surface area contributed by atoms with Crippen LogP contribution in [0.15, 0.2) is 35.4 Å². The van der Waals surface area contributed by atoms with Crippen LogP contribution < -0.4 is 5.43 Å². The molecule has 3 nitrogen and oxygen atoms in total. The first-order valence-electron chi connectivity index (χ1n) is 6.19. The van der Waals surface area contributed by atoms with Gasteiger partial charge in [0.2, 0.25) is 0 Å². The lowest BCUT2D eigenvalue weighted by Gasteiger charge is -2.19. The van der Waals surface area contributed by atoms with E-state index in [1.165, 1.54) is 19.3 Å². The fourth-order valence-electron chi connectivity index (χ4n) is 2.11. The largest absolute Gasteiger partial charge is 0.271 e. The summed E-state index contributed by atoms with van der Waals surface area (Å²) in [6.07, 6.45) is 4.65. The summed E-state index contributed by atoms with van der Waals surface area (Å²) in [5, 5.41) is 4.26. The summed E-state index contributed by atoms with van der Waals surface area (Å²) in [5.74, 6) is 0.371. The van der Waals surface area contributed by atoms with Gasteiger partial charge in [-0.3, -0.25) is 4.79 Å². The molecule has 1 aromatic carbocycles. The van der Waals surface area contributed by atoms with Gasteiger partial charge in [-0.15, -0.1) is 0 Å². The molecular weight excluding hydrogens is 212 g/mol. The molecular formula is C14H18N2O. The van der Waals surface area contributed by atoms with Crippen LogP contribution in [0.1, 0.15) is 43.0 Å². The normalized spacial score (nSPS) is 22.4. The quantitative estimate of drug-likeness (QED) is 0.780. The van der Waals surface area contributed by atoms with Crippen molar-refractivity contribution < 1.29 is 4.79 Å². The molecule has 0 unspecified atom stereocenters. The average molecular weight is 230 g/mol. The van der Waals surface area contributed by atoms with E-state index in [0.717, 1.165) is 12.1 Å². The van der Waals surface area contributed by atoms with E-state index in [1.54, 1.807) is 12.1 Å². The molecule has 1 aliphatic rings. The second kappa shape index (κ2) is 5.62. The van der Waals surface area contributed by atoms with Crippen LogP contribution in [0.25, 0.3) is 0 Å². The Hall–Kier alpha value is -1.64. The fourth-order valence-corrected chi connectivity index (χ4v) is 2.11. The van der Waals surface area contributed by atoms with Gasteiger partial charge in [0.15, 0.2) is 0 Å². The number of nitrogens with zero attached hydrogens (tertiary/aromatic N) is 1. The van der Waals surface area contributed by atoms with E-state index in [-0.39, 0.29) is 5.91 Å². The summed E-state index contributed by atoms with van der Waals surface area (Å²) >= 11 is 0. The van der Waals surface area contributed by atoms with Gasteiger partial charge in [0.1, 0.15) is 0 Å². The fraction of sp³-hybridized carbons (Fsp3) is 0.429. The molecule has 1 atom stereocenters. The first-order valence-corrected chi connectivity index (χ1v) is 6.19. The molecule has 1 N–H and O–H groups in total. The second-order valence-corrected chi connectivity index (χ2v) is 4.56. The molecule has 2 rings (SSSR count). The van der Waals surface area contributed by atoms with E-state index in [9.17, 15) is 4.79 Å². The Labute approximate surface area is 102 Å². The van der Waals surface area contributed by atoms with Gasteiger partial charge >= 0.3 is 0 Å².